The molecule has 0 radical (unpaired) electrons. The average molecular weight is 417 g/mol. The van der Waals surface area contributed by atoms with Gasteiger partial charge in [-0.15, -0.1) is 6.42 Å². The van der Waals surface area contributed by atoms with Crippen molar-refractivity contribution in [3.05, 3.63) is 0 Å². The molecule has 2 unspecified atom stereocenters. The van der Waals surface area contributed by atoms with E-state index in [0.29, 0.717) is 12.8 Å². The predicted molar refractivity (Wildman–Crippen MR) is 104 cm³/mol. The molecule has 3 rings (SSSR count). The second-order valence-corrected chi connectivity index (χ2v) is 12.4. The summed E-state index contributed by atoms with van der Waals surface area (Å²) in [5.41, 5.74) is 0. The summed E-state index contributed by atoms with van der Waals surface area (Å²) < 4.78 is 47.5. The summed E-state index contributed by atoms with van der Waals surface area (Å²) in [5, 5.41) is 0. The van der Waals surface area contributed by atoms with Crippen molar-refractivity contribution < 1.29 is 21.6 Å². The highest BCUT2D eigenvalue weighted by atomic mass is 32.2. The fourth-order valence-electron chi connectivity index (χ4n) is 4.63. The van der Waals surface area contributed by atoms with Crippen LogP contribution in [0.2, 0.25) is 0 Å². The Balaban J connectivity index is 1.75. The fourth-order valence-corrected chi connectivity index (χ4v) is 8.11. The zero-order chi connectivity index (χ0) is 19.7. The lowest BCUT2D eigenvalue weighted by Gasteiger charge is -2.36. The largest absolute Gasteiger partial charge is 0.335 e. The van der Waals surface area contributed by atoms with Crippen LogP contribution in [0.25, 0.3) is 0 Å². The number of hydrogen-bond donors (Lipinski definition) is 0. The number of amides is 1. The molecular formula is C18H28N2O5S2. The molecule has 9 heteroatoms. The molecule has 0 N–H and O–H groups in total. The van der Waals surface area contributed by atoms with E-state index in [0.717, 1.165) is 25.7 Å². The molecule has 0 bridgehead atoms. The Morgan fingerprint density at radius 1 is 0.889 bits per heavy atom. The van der Waals surface area contributed by atoms with Gasteiger partial charge in [-0.3, -0.25) is 9.69 Å². The van der Waals surface area contributed by atoms with Gasteiger partial charge in [-0.1, -0.05) is 18.8 Å². The van der Waals surface area contributed by atoms with E-state index in [4.69, 9.17) is 6.42 Å². The first-order valence-corrected chi connectivity index (χ1v) is 13.2. The highest BCUT2D eigenvalue weighted by molar-refractivity contribution is 7.91. The van der Waals surface area contributed by atoms with E-state index in [9.17, 15) is 21.6 Å². The zero-order valence-electron chi connectivity index (χ0n) is 15.5. The van der Waals surface area contributed by atoms with Gasteiger partial charge in [-0.25, -0.2) is 16.8 Å². The minimum absolute atomic E-state index is 0.0299. The van der Waals surface area contributed by atoms with Crippen LogP contribution in [-0.2, 0) is 24.5 Å². The molecule has 2 atom stereocenters. The van der Waals surface area contributed by atoms with Crippen LogP contribution in [0.4, 0.5) is 0 Å². The molecule has 2 heterocycles. The van der Waals surface area contributed by atoms with Gasteiger partial charge in [-0.2, -0.15) is 0 Å². The van der Waals surface area contributed by atoms with Crippen LogP contribution in [0.5, 0.6) is 0 Å². The van der Waals surface area contributed by atoms with Crippen molar-refractivity contribution in [2.24, 2.45) is 0 Å². The summed E-state index contributed by atoms with van der Waals surface area (Å²) in [7, 11) is -6.17. The van der Waals surface area contributed by atoms with Gasteiger partial charge < -0.3 is 4.90 Å². The van der Waals surface area contributed by atoms with Crippen molar-refractivity contribution >= 4 is 25.6 Å². The van der Waals surface area contributed by atoms with E-state index < -0.39 is 19.7 Å². The maximum atomic E-state index is 13.2. The van der Waals surface area contributed by atoms with Crippen molar-refractivity contribution in [3.8, 4) is 12.3 Å². The fraction of sp³-hybridized carbons (Fsp3) is 0.833. The minimum atomic E-state index is -3.09. The Morgan fingerprint density at radius 3 is 1.93 bits per heavy atom. The maximum Gasteiger partial charge on any atom is 0.237 e. The highest BCUT2D eigenvalue weighted by Gasteiger charge is 2.40. The van der Waals surface area contributed by atoms with Crippen LogP contribution >= 0.6 is 0 Å². The van der Waals surface area contributed by atoms with Gasteiger partial charge in [0.1, 0.15) is 0 Å². The molecule has 27 heavy (non-hydrogen) atoms. The van der Waals surface area contributed by atoms with Crippen molar-refractivity contribution in [1.29, 1.82) is 0 Å². The summed E-state index contributed by atoms with van der Waals surface area (Å²) in [6.45, 7) is 0.269. The Kier molecular flexibility index (Phi) is 6.18. The molecule has 2 aliphatic heterocycles. The van der Waals surface area contributed by atoms with Gasteiger partial charge in [0.05, 0.1) is 36.1 Å². The van der Waals surface area contributed by atoms with Crippen molar-refractivity contribution in [3.63, 3.8) is 0 Å². The lowest BCUT2D eigenvalue weighted by molar-refractivity contribution is -0.137. The SMILES string of the molecule is C#CCN(CC(=O)N(C1CCCC1)C1CCS(=O)(=O)C1)C1CCS(=O)(=O)C1. The molecule has 0 aromatic carbocycles. The second-order valence-electron chi connectivity index (χ2n) is 7.96. The van der Waals surface area contributed by atoms with Crippen LogP contribution in [0.1, 0.15) is 38.5 Å². The molecule has 3 fully saturated rings. The third-order valence-corrected chi connectivity index (χ3v) is 9.47. The van der Waals surface area contributed by atoms with Crippen LogP contribution in [0.15, 0.2) is 0 Å². The van der Waals surface area contributed by atoms with Crippen LogP contribution in [0.3, 0.4) is 0 Å². The van der Waals surface area contributed by atoms with Crippen LogP contribution in [-0.4, -0.2) is 86.8 Å². The van der Waals surface area contributed by atoms with E-state index in [1.807, 2.05) is 0 Å². The first kappa shape index (κ1) is 20.6. The average Bonchev–Trinajstić information content (AvgIpc) is 3.29. The van der Waals surface area contributed by atoms with Crippen molar-refractivity contribution in [1.82, 2.24) is 9.80 Å². The lowest BCUT2D eigenvalue weighted by atomic mass is 10.1. The van der Waals surface area contributed by atoms with Gasteiger partial charge in [0.2, 0.25) is 5.91 Å². The summed E-state index contributed by atoms with van der Waals surface area (Å²) in [6.07, 6.45) is 10.3. The molecular weight excluding hydrogens is 388 g/mol. The van der Waals surface area contributed by atoms with E-state index in [1.165, 1.54) is 0 Å². The highest BCUT2D eigenvalue weighted by Crippen LogP contribution is 2.29. The molecule has 3 aliphatic rings. The monoisotopic (exact) mass is 416 g/mol. The van der Waals surface area contributed by atoms with Crippen LogP contribution < -0.4 is 0 Å². The van der Waals surface area contributed by atoms with E-state index in [1.54, 1.807) is 9.80 Å². The third kappa shape index (κ3) is 5.04. The topological polar surface area (TPSA) is 91.8 Å². The molecule has 0 aromatic rings. The van der Waals surface area contributed by atoms with E-state index >= 15 is 0 Å². The quantitative estimate of drug-likeness (QED) is 0.569. The predicted octanol–water partition coefficient (Wildman–Crippen LogP) is 0.0670. The number of sulfone groups is 2. The van der Waals surface area contributed by atoms with Gasteiger partial charge >= 0.3 is 0 Å². The number of carbonyl (C=O) groups is 1. The minimum Gasteiger partial charge on any atom is -0.335 e. The van der Waals surface area contributed by atoms with Crippen LogP contribution in [0, 0.1) is 12.3 Å². The first-order valence-electron chi connectivity index (χ1n) is 9.60. The Hall–Kier alpha value is -1.11. The molecule has 1 amide bonds. The standard InChI is InChI=1S/C18H28N2O5S2/c1-2-9-19(16-7-10-26(22,23)13-16)12-18(21)20(15-5-3-4-6-15)17-8-11-27(24,25)14-17/h1,15-17H,3-14H2. The Bertz CT molecular complexity index is 809. The smallest absolute Gasteiger partial charge is 0.237 e. The number of carbonyl (C=O) groups excluding carboxylic acids is 1. The van der Waals surface area contributed by atoms with Gasteiger partial charge in [0.15, 0.2) is 19.7 Å². The van der Waals surface area contributed by atoms with Gasteiger partial charge in [0, 0.05) is 18.1 Å². The number of rotatable bonds is 6. The maximum absolute atomic E-state index is 13.2. The molecule has 0 spiro atoms. The lowest BCUT2D eigenvalue weighted by Crippen LogP contribution is -2.52. The van der Waals surface area contributed by atoms with Crippen molar-refractivity contribution in [2.45, 2.75) is 56.7 Å². The summed E-state index contributed by atoms with van der Waals surface area (Å²) >= 11 is 0. The molecule has 2 saturated heterocycles. The second kappa shape index (κ2) is 8.10. The van der Waals surface area contributed by atoms with Gasteiger partial charge in [0.25, 0.3) is 0 Å². The summed E-state index contributed by atoms with van der Waals surface area (Å²) in [5.74, 6) is 2.73. The Morgan fingerprint density at radius 2 is 1.44 bits per heavy atom. The third-order valence-electron chi connectivity index (χ3n) is 5.97. The summed E-state index contributed by atoms with van der Waals surface area (Å²) in [6, 6.07) is -0.436. The summed E-state index contributed by atoms with van der Waals surface area (Å²) in [4.78, 5) is 16.8. The molecule has 1 aliphatic carbocycles. The van der Waals surface area contributed by atoms with Gasteiger partial charge in [-0.05, 0) is 25.7 Å². The van der Waals surface area contributed by atoms with E-state index in [2.05, 4.69) is 5.92 Å². The van der Waals surface area contributed by atoms with Crippen molar-refractivity contribution in [2.75, 3.05) is 36.1 Å². The normalized spacial score (nSPS) is 29.8. The molecule has 7 nitrogen and oxygen atoms in total. The molecule has 1 saturated carbocycles. The Labute approximate surface area is 162 Å². The van der Waals surface area contributed by atoms with E-state index in [-0.39, 0.29) is 60.1 Å². The molecule has 152 valence electrons. The first-order chi connectivity index (χ1) is 12.7. The number of terminal acetylenes is 1. The number of hydrogen-bond acceptors (Lipinski definition) is 6. The zero-order valence-corrected chi connectivity index (χ0v) is 17.2. The number of nitrogens with zero attached hydrogens (tertiary/aromatic N) is 2. The molecule has 0 aromatic heterocycles.